The second kappa shape index (κ2) is 11.7. The Bertz CT molecular complexity index is 1280. The lowest BCUT2D eigenvalue weighted by Gasteiger charge is -2.33. The molecule has 12 heteroatoms. The SMILES string of the molecule is CCN(CC)CCN(C(=O)C1CCN(S(=O)(=O)c2cccs2)CC1)c1nc2c(OC)ccc(Cl)c2s1. The van der Waals surface area contributed by atoms with E-state index in [0.717, 1.165) is 17.8 Å². The molecular weight excluding hydrogens is 540 g/mol. The normalized spacial score (nSPS) is 15.6. The molecule has 196 valence electrons. The van der Waals surface area contributed by atoms with Crippen molar-refractivity contribution in [2.45, 2.75) is 30.9 Å². The van der Waals surface area contributed by atoms with E-state index in [1.807, 2.05) is 0 Å². The lowest BCUT2D eigenvalue weighted by atomic mass is 9.96. The number of aromatic nitrogens is 1. The number of halogens is 1. The first kappa shape index (κ1) is 27.3. The highest BCUT2D eigenvalue weighted by molar-refractivity contribution is 7.91. The molecule has 1 saturated heterocycles. The lowest BCUT2D eigenvalue weighted by Crippen LogP contribution is -2.46. The van der Waals surface area contributed by atoms with Crippen molar-refractivity contribution in [3.63, 3.8) is 0 Å². The summed E-state index contributed by atoms with van der Waals surface area (Å²) in [5.74, 6) is 0.311. The van der Waals surface area contributed by atoms with Crippen molar-refractivity contribution in [3.05, 3.63) is 34.7 Å². The Kier molecular flexibility index (Phi) is 8.90. The monoisotopic (exact) mass is 570 g/mol. The molecule has 1 amide bonds. The number of likely N-dealkylation sites (N-methyl/N-ethyl adjacent to an activating group) is 1. The van der Waals surface area contributed by atoms with Gasteiger partial charge in [0.1, 0.15) is 15.5 Å². The Morgan fingerprint density at radius 1 is 1.19 bits per heavy atom. The van der Waals surface area contributed by atoms with Gasteiger partial charge in [-0.2, -0.15) is 4.31 Å². The number of carbonyl (C=O) groups excluding carboxylic acids is 1. The highest BCUT2D eigenvalue weighted by Gasteiger charge is 2.35. The van der Waals surface area contributed by atoms with Crippen LogP contribution < -0.4 is 9.64 Å². The third-order valence-electron chi connectivity index (χ3n) is 6.59. The quantitative estimate of drug-likeness (QED) is 0.348. The van der Waals surface area contributed by atoms with Gasteiger partial charge in [0.25, 0.3) is 10.0 Å². The van der Waals surface area contributed by atoms with Crippen LogP contribution in [0.3, 0.4) is 0 Å². The second-order valence-electron chi connectivity index (χ2n) is 8.55. The summed E-state index contributed by atoms with van der Waals surface area (Å²) >= 11 is 9.04. The van der Waals surface area contributed by atoms with Gasteiger partial charge in [-0.1, -0.05) is 42.9 Å². The topological polar surface area (TPSA) is 83.0 Å². The molecule has 2 aromatic heterocycles. The van der Waals surface area contributed by atoms with Gasteiger partial charge in [-0.25, -0.2) is 13.4 Å². The maximum atomic E-state index is 13.8. The summed E-state index contributed by atoms with van der Waals surface area (Å²) in [6.07, 6.45) is 0.945. The zero-order chi connectivity index (χ0) is 25.9. The number of thiophene rings is 1. The molecule has 0 bridgehead atoms. The molecule has 1 fully saturated rings. The largest absolute Gasteiger partial charge is 0.494 e. The van der Waals surface area contributed by atoms with Crippen LogP contribution in [0.4, 0.5) is 5.13 Å². The number of piperidine rings is 1. The number of fused-ring (bicyclic) bond motifs is 1. The summed E-state index contributed by atoms with van der Waals surface area (Å²) in [5, 5.41) is 2.91. The van der Waals surface area contributed by atoms with Crippen molar-refractivity contribution < 1.29 is 17.9 Å². The molecule has 8 nitrogen and oxygen atoms in total. The molecule has 0 N–H and O–H groups in total. The minimum atomic E-state index is -3.52. The standard InChI is InChI=1S/C24H31ClN4O4S3/c1-4-27(5-2)14-15-29(24-26-21-19(33-3)9-8-18(25)22(21)35-24)23(30)17-10-12-28(13-11-17)36(31,32)20-7-6-16-34-20/h6-9,16-17H,4-5,10-15H2,1-3H3. The fourth-order valence-electron chi connectivity index (χ4n) is 4.40. The molecule has 0 unspecified atom stereocenters. The third-order valence-corrected chi connectivity index (χ3v) is 11.4. The number of benzene rings is 1. The van der Waals surface area contributed by atoms with Crippen molar-refractivity contribution in [3.8, 4) is 5.75 Å². The van der Waals surface area contributed by atoms with Gasteiger partial charge in [-0.15, -0.1) is 11.3 Å². The van der Waals surface area contributed by atoms with Crippen LogP contribution in [0.2, 0.25) is 5.02 Å². The average molecular weight is 571 g/mol. The van der Waals surface area contributed by atoms with Crippen molar-refractivity contribution in [1.82, 2.24) is 14.2 Å². The molecule has 1 aliphatic rings. The maximum absolute atomic E-state index is 13.8. The molecular formula is C24H31ClN4O4S3. The number of nitrogens with zero attached hydrogens (tertiary/aromatic N) is 4. The number of ether oxygens (including phenoxy) is 1. The Labute approximate surface area is 225 Å². The molecule has 4 rings (SSSR count). The highest BCUT2D eigenvalue weighted by atomic mass is 35.5. The number of thiazole rings is 1. The average Bonchev–Trinajstić information content (AvgIpc) is 3.59. The van der Waals surface area contributed by atoms with Gasteiger partial charge in [0.05, 0.1) is 16.8 Å². The number of hydrogen-bond donors (Lipinski definition) is 0. The fraction of sp³-hybridized carbons (Fsp3) is 0.500. The van der Waals surface area contributed by atoms with Crippen molar-refractivity contribution >= 4 is 65.6 Å². The number of hydrogen-bond acceptors (Lipinski definition) is 8. The minimum Gasteiger partial charge on any atom is -0.494 e. The molecule has 0 saturated carbocycles. The van der Waals surface area contributed by atoms with E-state index in [4.69, 9.17) is 21.3 Å². The van der Waals surface area contributed by atoms with E-state index in [1.165, 1.54) is 27.0 Å². The number of methoxy groups -OCH3 is 1. The van der Waals surface area contributed by atoms with Crippen LogP contribution in [0.25, 0.3) is 10.2 Å². The molecule has 0 spiro atoms. The van der Waals surface area contributed by atoms with Gasteiger partial charge in [-0.3, -0.25) is 9.69 Å². The smallest absolute Gasteiger partial charge is 0.252 e. The van der Waals surface area contributed by atoms with E-state index in [9.17, 15) is 13.2 Å². The van der Waals surface area contributed by atoms with E-state index >= 15 is 0 Å². The van der Waals surface area contributed by atoms with Crippen molar-refractivity contribution in [1.29, 1.82) is 0 Å². The lowest BCUT2D eigenvalue weighted by molar-refractivity contribution is -0.123. The van der Waals surface area contributed by atoms with E-state index in [-0.39, 0.29) is 11.8 Å². The maximum Gasteiger partial charge on any atom is 0.252 e. The molecule has 0 radical (unpaired) electrons. The van der Waals surface area contributed by atoms with Crippen LogP contribution in [0.15, 0.2) is 33.9 Å². The van der Waals surface area contributed by atoms with E-state index in [2.05, 4.69) is 18.7 Å². The second-order valence-corrected chi connectivity index (χ2v) is 13.0. The number of sulfonamides is 1. The summed E-state index contributed by atoms with van der Waals surface area (Å²) in [6, 6.07) is 6.91. The third kappa shape index (κ3) is 5.56. The number of anilines is 1. The number of carbonyl (C=O) groups is 1. The summed E-state index contributed by atoms with van der Waals surface area (Å²) in [5.41, 5.74) is 0.641. The van der Waals surface area contributed by atoms with Crippen LogP contribution >= 0.6 is 34.3 Å². The number of rotatable bonds is 10. The molecule has 36 heavy (non-hydrogen) atoms. The molecule has 0 aliphatic carbocycles. The first-order valence-corrected chi connectivity index (χ1v) is 15.5. The Balaban J connectivity index is 1.57. The fourth-order valence-corrected chi connectivity index (χ4v) is 8.31. The van der Waals surface area contributed by atoms with Gasteiger partial charge in [0.15, 0.2) is 5.13 Å². The Morgan fingerprint density at radius 3 is 2.53 bits per heavy atom. The first-order chi connectivity index (χ1) is 17.3. The Morgan fingerprint density at radius 2 is 1.92 bits per heavy atom. The molecule has 0 atom stereocenters. The summed E-state index contributed by atoms with van der Waals surface area (Å²) in [4.78, 5) is 22.6. The summed E-state index contributed by atoms with van der Waals surface area (Å²) < 4.78 is 33.9. The van der Waals surface area contributed by atoms with Gasteiger partial charge in [0.2, 0.25) is 5.91 Å². The molecule has 1 aliphatic heterocycles. The predicted molar refractivity (Wildman–Crippen MR) is 147 cm³/mol. The molecule has 3 aromatic rings. The van der Waals surface area contributed by atoms with Crippen LogP contribution in [-0.2, 0) is 14.8 Å². The van der Waals surface area contributed by atoms with E-state index < -0.39 is 10.0 Å². The van der Waals surface area contributed by atoms with Gasteiger partial charge in [0, 0.05) is 32.1 Å². The summed E-state index contributed by atoms with van der Waals surface area (Å²) in [7, 11) is -1.93. The van der Waals surface area contributed by atoms with Gasteiger partial charge in [-0.05, 0) is 49.5 Å². The predicted octanol–water partition coefficient (Wildman–Crippen LogP) is 4.80. The zero-order valence-electron chi connectivity index (χ0n) is 20.6. The number of amides is 1. The first-order valence-electron chi connectivity index (χ1n) is 12.0. The highest BCUT2D eigenvalue weighted by Crippen LogP contribution is 2.39. The summed E-state index contributed by atoms with van der Waals surface area (Å²) in [6.45, 7) is 7.82. The van der Waals surface area contributed by atoms with E-state index in [1.54, 1.807) is 41.7 Å². The van der Waals surface area contributed by atoms with Crippen LogP contribution in [0, 0.1) is 5.92 Å². The van der Waals surface area contributed by atoms with Crippen molar-refractivity contribution in [2.75, 3.05) is 51.3 Å². The molecule has 3 heterocycles. The van der Waals surface area contributed by atoms with Gasteiger partial charge >= 0.3 is 0 Å². The van der Waals surface area contributed by atoms with Crippen LogP contribution in [0.5, 0.6) is 5.75 Å². The zero-order valence-corrected chi connectivity index (χ0v) is 23.9. The van der Waals surface area contributed by atoms with Crippen LogP contribution in [0.1, 0.15) is 26.7 Å². The molecule has 1 aromatic carbocycles. The Hall–Kier alpha value is -1.76. The van der Waals surface area contributed by atoms with Crippen molar-refractivity contribution in [2.24, 2.45) is 5.92 Å². The minimum absolute atomic E-state index is 0.0236. The van der Waals surface area contributed by atoms with Gasteiger partial charge < -0.3 is 9.64 Å². The van der Waals surface area contributed by atoms with E-state index in [0.29, 0.717) is 64.7 Å². The van der Waals surface area contributed by atoms with Crippen LogP contribution in [-0.4, -0.2) is 74.9 Å².